The van der Waals surface area contributed by atoms with E-state index in [0.717, 1.165) is 30.6 Å². The maximum atomic E-state index is 12.1. The van der Waals surface area contributed by atoms with Crippen LogP contribution in [0.1, 0.15) is 45.6 Å². The number of nitrogens with two attached hydrogens (primary N) is 1. The predicted molar refractivity (Wildman–Crippen MR) is 96.2 cm³/mol. The first-order valence-corrected chi connectivity index (χ1v) is 8.49. The first-order valence-electron chi connectivity index (χ1n) is 8.49. The van der Waals surface area contributed by atoms with Crippen molar-refractivity contribution < 1.29 is 14.3 Å². The fraction of sp³-hybridized carbons (Fsp3) is 0.556. The van der Waals surface area contributed by atoms with Crippen molar-refractivity contribution in [2.45, 2.75) is 53.0 Å². The second-order valence-corrected chi connectivity index (χ2v) is 6.04. The minimum Gasteiger partial charge on any atom is -0.494 e. The van der Waals surface area contributed by atoms with Gasteiger partial charge in [-0.25, -0.2) is 4.79 Å². The molecular formula is C18H29N3O3. The number of carbonyl (C=O) groups excluding carboxylic acids is 2. The summed E-state index contributed by atoms with van der Waals surface area (Å²) in [5.74, 6) is 0.223. The van der Waals surface area contributed by atoms with Crippen molar-refractivity contribution in [3.63, 3.8) is 0 Å². The minimum atomic E-state index is -0.688. The summed E-state index contributed by atoms with van der Waals surface area (Å²) in [4.78, 5) is 23.6. The zero-order valence-electron chi connectivity index (χ0n) is 15.0. The van der Waals surface area contributed by atoms with Crippen molar-refractivity contribution in [1.29, 1.82) is 0 Å². The summed E-state index contributed by atoms with van der Waals surface area (Å²) in [6.45, 7) is 8.50. The van der Waals surface area contributed by atoms with E-state index in [1.165, 1.54) is 0 Å². The Kier molecular flexibility index (Phi) is 8.09. The molecule has 0 saturated carbocycles. The summed E-state index contributed by atoms with van der Waals surface area (Å²) in [6.07, 6.45) is 2.83. The Morgan fingerprint density at radius 2 is 2.00 bits per heavy atom. The number of unbranched alkanes of at least 4 members (excludes halogenated alkanes) is 1. The molecule has 4 N–H and O–H groups in total. The standard InChI is InChI=1S/C18H29N3O3/c1-5-7-10-24-14-8-9-15(13(4)11-14)20-18(23)21-16(17(19)22)12(3)6-2/h8-9,11-12,16H,5-7,10H2,1-4H3,(H2,19,22)(H2,20,21,23). The molecule has 2 atom stereocenters. The fourth-order valence-electron chi connectivity index (χ4n) is 2.23. The lowest BCUT2D eigenvalue weighted by Gasteiger charge is -2.21. The molecule has 0 fully saturated rings. The summed E-state index contributed by atoms with van der Waals surface area (Å²) in [6, 6.07) is 4.36. The van der Waals surface area contributed by atoms with Crippen molar-refractivity contribution in [2.24, 2.45) is 11.7 Å². The zero-order chi connectivity index (χ0) is 18.1. The number of ether oxygens (including phenoxy) is 1. The van der Waals surface area contributed by atoms with E-state index >= 15 is 0 Å². The normalized spacial score (nSPS) is 13.0. The second-order valence-electron chi connectivity index (χ2n) is 6.04. The van der Waals surface area contributed by atoms with Gasteiger partial charge in [-0.3, -0.25) is 4.79 Å². The van der Waals surface area contributed by atoms with Crippen LogP contribution < -0.4 is 21.1 Å². The third-order valence-corrected chi connectivity index (χ3v) is 4.02. The Balaban J connectivity index is 2.67. The van der Waals surface area contributed by atoms with Crippen LogP contribution in [-0.2, 0) is 4.79 Å². The van der Waals surface area contributed by atoms with Gasteiger partial charge in [0.25, 0.3) is 0 Å². The second kappa shape index (κ2) is 9.80. The maximum Gasteiger partial charge on any atom is 0.319 e. The number of carbonyl (C=O) groups is 2. The van der Waals surface area contributed by atoms with Crippen molar-refractivity contribution >= 4 is 17.6 Å². The number of anilines is 1. The fourth-order valence-corrected chi connectivity index (χ4v) is 2.23. The molecule has 0 heterocycles. The van der Waals surface area contributed by atoms with Gasteiger partial charge in [0.2, 0.25) is 5.91 Å². The number of rotatable bonds is 9. The highest BCUT2D eigenvalue weighted by Gasteiger charge is 2.23. The van der Waals surface area contributed by atoms with E-state index in [4.69, 9.17) is 10.5 Å². The first-order chi connectivity index (χ1) is 11.4. The number of hydrogen-bond acceptors (Lipinski definition) is 3. The average Bonchev–Trinajstić information content (AvgIpc) is 2.54. The van der Waals surface area contributed by atoms with Gasteiger partial charge < -0.3 is 21.1 Å². The zero-order valence-corrected chi connectivity index (χ0v) is 15.0. The quantitative estimate of drug-likeness (QED) is 0.605. The van der Waals surface area contributed by atoms with E-state index in [1.54, 1.807) is 6.07 Å². The average molecular weight is 335 g/mol. The predicted octanol–water partition coefficient (Wildman–Crippen LogP) is 3.20. The third kappa shape index (κ3) is 6.10. The number of primary amides is 1. The molecule has 0 radical (unpaired) electrons. The lowest BCUT2D eigenvalue weighted by molar-refractivity contribution is -0.120. The van der Waals surface area contributed by atoms with Crippen LogP contribution in [0, 0.1) is 12.8 Å². The van der Waals surface area contributed by atoms with E-state index < -0.39 is 18.0 Å². The van der Waals surface area contributed by atoms with Gasteiger partial charge in [0.05, 0.1) is 6.61 Å². The van der Waals surface area contributed by atoms with Gasteiger partial charge in [-0.05, 0) is 43.0 Å². The molecule has 0 aromatic heterocycles. The highest BCUT2D eigenvalue weighted by Crippen LogP contribution is 2.21. The number of aryl methyl sites for hydroxylation is 1. The van der Waals surface area contributed by atoms with Crippen molar-refractivity contribution in [1.82, 2.24) is 5.32 Å². The van der Waals surface area contributed by atoms with Crippen LogP contribution in [0.2, 0.25) is 0 Å². The molecule has 0 aliphatic carbocycles. The molecule has 0 bridgehead atoms. The maximum absolute atomic E-state index is 12.1. The molecule has 0 aliphatic heterocycles. The molecular weight excluding hydrogens is 306 g/mol. The lowest BCUT2D eigenvalue weighted by Crippen LogP contribution is -2.49. The molecule has 134 valence electrons. The van der Waals surface area contributed by atoms with Crippen LogP contribution in [0.15, 0.2) is 18.2 Å². The van der Waals surface area contributed by atoms with Crippen LogP contribution in [0.4, 0.5) is 10.5 Å². The SMILES string of the molecule is CCCCOc1ccc(NC(=O)NC(C(N)=O)C(C)CC)c(C)c1. The van der Waals surface area contributed by atoms with E-state index in [0.29, 0.717) is 12.3 Å². The number of nitrogens with one attached hydrogen (secondary N) is 2. The molecule has 6 nitrogen and oxygen atoms in total. The molecule has 6 heteroatoms. The molecule has 0 aliphatic rings. The molecule has 3 amide bonds. The molecule has 1 aromatic carbocycles. The molecule has 0 spiro atoms. The summed E-state index contributed by atoms with van der Waals surface area (Å²) in [5, 5.41) is 5.40. The smallest absolute Gasteiger partial charge is 0.319 e. The van der Waals surface area contributed by atoms with Crippen LogP contribution >= 0.6 is 0 Å². The van der Waals surface area contributed by atoms with E-state index in [-0.39, 0.29) is 5.92 Å². The van der Waals surface area contributed by atoms with Crippen molar-refractivity contribution in [3.8, 4) is 5.75 Å². The summed E-state index contributed by atoms with van der Waals surface area (Å²) in [5.41, 5.74) is 6.92. The van der Waals surface area contributed by atoms with Crippen LogP contribution in [0.3, 0.4) is 0 Å². The van der Waals surface area contributed by atoms with Crippen molar-refractivity contribution in [2.75, 3.05) is 11.9 Å². The number of amides is 3. The monoisotopic (exact) mass is 335 g/mol. The number of hydrogen-bond donors (Lipinski definition) is 3. The highest BCUT2D eigenvalue weighted by atomic mass is 16.5. The Hall–Kier alpha value is -2.24. The number of urea groups is 1. The van der Waals surface area contributed by atoms with E-state index in [1.807, 2.05) is 32.9 Å². The Labute approximate surface area is 144 Å². The summed E-state index contributed by atoms with van der Waals surface area (Å²) >= 11 is 0. The van der Waals surface area contributed by atoms with Gasteiger partial charge in [-0.15, -0.1) is 0 Å². The topological polar surface area (TPSA) is 93.4 Å². The van der Waals surface area contributed by atoms with Crippen molar-refractivity contribution in [3.05, 3.63) is 23.8 Å². The van der Waals surface area contributed by atoms with Gasteiger partial charge in [0.15, 0.2) is 0 Å². The van der Waals surface area contributed by atoms with E-state index in [2.05, 4.69) is 17.6 Å². The number of benzene rings is 1. The molecule has 24 heavy (non-hydrogen) atoms. The Morgan fingerprint density at radius 3 is 2.54 bits per heavy atom. The molecule has 1 rings (SSSR count). The third-order valence-electron chi connectivity index (χ3n) is 4.02. The molecule has 1 aromatic rings. The summed E-state index contributed by atoms with van der Waals surface area (Å²) in [7, 11) is 0. The van der Waals surface area contributed by atoms with Gasteiger partial charge in [0, 0.05) is 5.69 Å². The largest absolute Gasteiger partial charge is 0.494 e. The Morgan fingerprint density at radius 1 is 1.29 bits per heavy atom. The van der Waals surface area contributed by atoms with Gasteiger partial charge in [-0.1, -0.05) is 33.6 Å². The van der Waals surface area contributed by atoms with Crippen LogP contribution in [-0.4, -0.2) is 24.6 Å². The van der Waals surface area contributed by atoms with Gasteiger partial charge in [0.1, 0.15) is 11.8 Å². The Bertz CT molecular complexity index is 560. The first kappa shape index (κ1) is 19.8. The van der Waals surface area contributed by atoms with Crippen LogP contribution in [0.25, 0.3) is 0 Å². The van der Waals surface area contributed by atoms with E-state index in [9.17, 15) is 9.59 Å². The van der Waals surface area contributed by atoms with Crippen LogP contribution in [0.5, 0.6) is 5.75 Å². The highest BCUT2D eigenvalue weighted by molar-refractivity contribution is 5.94. The molecule has 2 unspecified atom stereocenters. The lowest BCUT2D eigenvalue weighted by atomic mass is 9.99. The van der Waals surface area contributed by atoms with Gasteiger partial charge in [-0.2, -0.15) is 0 Å². The van der Waals surface area contributed by atoms with Gasteiger partial charge >= 0.3 is 6.03 Å². The molecule has 0 saturated heterocycles. The minimum absolute atomic E-state index is 0.0244. The summed E-state index contributed by atoms with van der Waals surface area (Å²) < 4.78 is 5.64.